The van der Waals surface area contributed by atoms with Gasteiger partial charge in [-0.3, -0.25) is 4.79 Å². The van der Waals surface area contributed by atoms with Gasteiger partial charge in [-0.05, 0) is 42.8 Å². The van der Waals surface area contributed by atoms with Crippen molar-refractivity contribution in [2.24, 2.45) is 10.2 Å². The van der Waals surface area contributed by atoms with Gasteiger partial charge in [0.05, 0.1) is 31.2 Å². The lowest BCUT2D eigenvalue weighted by atomic mass is 10.2. The van der Waals surface area contributed by atoms with Gasteiger partial charge in [-0.2, -0.15) is 10.2 Å². The van der Waals surface area contributed by atoms with Gasteiger partial charge in [0.2, 0.25) is 0 Å². The molecule has 2 aromatic carbocycles. The van der Waals surface area contributed by atoms with Gasteiger partial charge in [-0.15, -0.1) is 0 Å². The fraction of sp³-hybridized carbons (Fsp3) is 0.350. The normalized spacial score (nSPS) is 11.0. The van der Waals surface area contributed by atoms with Gasteiger partial charge in [-0.25, -0.2) is 0 Å². The number of carbonyl (C=O) groups excluding carboxylic acids is 1. The van der Waals surface area contributed by atoms with Crippen molar-refractivity contribution in [2.45, 2.75) is 13.3 Å². The Hall–Kier alpha value is -2.57. The molecule has 0 aromatic heterocycles. The molecule has 0 atom stereocenters. The van der Waals surface area contributed by atoms with Crippen LogP contribution in [0.4, 0.5) is 11.4 Å². The lowest BCUT2D eigenvalue weighted by Gasteiger charge is -2.07. The molecule has 0 unspecified atom stereocenters. The lowest BCUT2D eigenvalue weighted by Crippen LogP contribution is -2.27. The van der Waals surface area contributed by atoms with Gasteiger partial charge >= 0.3 is 0 Å². The Morgan fingerprint density at radius 2 is 1.46 bits per heavy atom. The third kappa shape index (κ3) is 7.55. The van der Waals surface area contributed by atoms with Gasteiger partial charge in [0, 0.05) is 18.7 Å². The predicted molar refractivity (Wildman–Crippen MR) is 101 cm³/mol. The van der Waals surface area contributed by atoms with Crippen LogP contribution in [0.25, 0.3) is 0 Å². The fourth-order valence-corrected chi connectivity index (χ4v) is 2.09. The molecule has 0 fully saturated rings. The SMILES string of the molecule is CCCOCCOCCNC(=O)c1ccc(/N=N/c2ccccc2)cc1. The molecule has 2 rings (SSSR count). The molecule has 0 radical (unpaired) electrons. The van der Waals surface area contributed by atoms with Crippen LogP contribution in [0.5, 0.6) is 0 Å². The minimum Gasteiger partial charge on any atom is -0.379 e. The average molecular weight is 355 g/mol. The molecule has 2 aromatic rings. The van der Waals surface area contributed by atoms with Crippen molar-refractivity contribution in [1.82, 2.24) is 5.32 Å². The van der Waals surface area contributed by atoms with E-state index in [2.05, 4.69) is 22.5 Å². The number of hydrogen-bond donors (Lipinski definition) is 1. The van der Waals surface area contributed by atoms with Crippen molar-refractivity contribution in [2.75, 3.05) is 33.0 Å². The van der Waals surface area contributed by atoms with Crippen LogP contribution in [-0.2, 0) is 9.47 Å². The number of rotatable bonds is 11. The molecular formula is C20H25N3O3. The zero-order valence-corrected chi connectivity index (χ0v) is 15.1. The van der Waals surface area contributed by atoms with E-state index in [1.54, 1.807) is 24.3 Å². The van der Waals surface area contributed by atoms with E-state index in [-0.39, 0.29) is 5.91 Å². The van der Waals surface area contributed by atoms with Gasteiger partial charge in [0.15, 0.2) is 0 Å². The topological polar surface area (TPSA) is 72.3 Å². The molecule has 26 heavy (non-hydrogen) atoms. The number of carbonyl (C=O) groups is 1. The number of amides is 1. The highest BCUT2D eigenvalue weighted by atomic mass is 16.5. The van der Waals surface area contributed by atoms with E-state index in [0.29, 0.717) is 37.6 Å². The Labute approximate surface area is 154 Å². The smallest absolute Gasteiger partial charge is 0.251 e. The van der Waals surface area contributed by atoms with E-state index in [1.165, 1.54) is 0 Å². The third-order valence-electron chi connectivity index (χ3n) is 3.42. The standard InChI is InChI=1S/C20H25N3O3/c1-2-13-25-15-16-26-14-12-21-20(24)17-8-10-19(11-9-17)23-22-18-6-4-3-5-7-18/h3-11H,2,12-16H2,1H3,(H,21,24)/b23-22+. The zero-order valence-electron chi connectivity index (χ0n) is 15.1. The molecular weight excluding hydrogens is 330 g/mol. The van der Waals surface area contributed by atoms with Gasteiger partial charge < -0.3 is 14.8 Å². The highest BCUT2D eigenvalue weighted by molar-refractivity contribution is 5.94. The molecule has 0 aliphatic rings. The van der Waals surface area contributed by atoms with Crippen molar-refractivity contribution in [3.8, 4) is 0 Å². The maximum absolute atomic E-state index is 12.1. The summed E-state index contributed by atoms with van der Waals surface area (Å²) in [4.78, 5) is 12.1. The van der Waals surface area contributed by atoms with E-state index in [4.69, 9.17) is 9.47 Å². The summed E-state index contributed by atoms with van der Waals surface area (Å²) in [5, 5.41) is 11.1. The molecule has 6 heteroatoms. The Balaban J connectivity index is 1.69. The minimum atomic E-state index is -0.137. The maximum Gasteiger partial charge on any atom is 0.251 e. The molecule has 0 saturated carbocycles. The van der Waals surface area contributed by atoms with Crippen LogP contribution in [0.3, 0.4) is 0 Å². The number of hydrogen-bond acceptors (Lipinski definition) is 5. The Kier molecular flexibility index (Phi) is 9.03. The molecule has 6 nitrogen and oxygen atoms in total. The summed E-state index contributed by atoms with van der Waals surface area (Å²) in [6, 6.07) is 16.5. The summed E-state index contributed by atoms with van der Waals surface area (Å²) in [5.74, 6) is -0.137. The van der Waals surface area contributed by atoms with Crippen molar-refractivity contribution in [3.05, 3.63) is 60.2 Å². The first kappa shape index (κ1) is 19.8. The number of nitrogens with one attached hydrogen (secondary N) is 1. The zero-order chi connectivity index (χ0) is 18.5. The van der Waals surface area contributed by atoms with Crippen LogP contribution in [0.1, 0.15) is 23.7 Å². The monoisotopic (exact) mass is 355 g/mol. The van der Waals surface area contributed by atoms with E-state index in [1.807, 2.05) is 30.3 Å². The first-order valence-corrected chi connectivity index (χ1v) is 8.80. The summed E-state index contributed by atoms with van der Waals surface area (Å²) in [6.45, 7) is 4.86. The molecule has 0 heterocycles. The summed E-state index contributed by atoms with van der Waals surface area (Å²) >= 11 is 0. The van der Waals surface area contributed by atoms with Crippen LogP contribution >= 0.6 is 0 Å². The molecule has 138 valence electrons. The van der Waals surface area contributed by atoms with Crippen molar-refractivity contribution < 1.29 is 14.3 Å². The highest BCUT2D eigenvalue weighted by Gasteiger charge is 2.04. The quantitative estimate of drug-likeness (QED) is 0.483. The second-order valence-corrected chi connectivity index (χ2v) is 5.56. The molecule has 0 aliphatic heterocycles. The lowest BCUT2D eigenvalue weighted by molar-refractivity contribution is 0.0485. The van der Waals surface area contributed by atoms with Crippen molar-refractivity contribution in [1.29, 1.82) is 0 Å². The van der Waals surface area contributed by atoms with Crippen molar-refractivity contribution in [3.63, 3.8) is 0 Å². The Morgan fingerprint density at radius 1 is 0.846 bits per heavy atom. The Bertz CT molecular complexity index is 672. The Morgan fingerprint density at radius 3 is 2.12 bits per heavy atom. The van der Waals surface area contributed by atoms with Crippen LogP contribution in [0.2, 0.25) is 0 Å². The van der Waals surface area contributed by atoms with Gasteiger partial charge in [0.25, 0.3) is 5.91 Å². The van der Waals surface area contributed by atoms with Crippen LogP contribution < -0.4 is 5.32 Å². The van der Waals surface area contributed by atoms with Crippen LogP contribution in [0.15, 0.2) is 64.8 Å². The summed E-state index contributed by atoms with van der Waals surface area (Å²) < 4.78 is 10.7. The number of azo groups is 1. The summed E-state index contributed by atoms with van der Waals surface area (Å²) in [7, 11) is 0. The highest BCUT2D eigenvalue weighted by Crippen LogP contribution is 2.18. The van der Waals surface area contributed by atoms with E-state index in [0.717, 1.165) is 18.7 Å². The van der Waals surface area contributed by atoms with Crippen LogP contribution in [-0.4, -0.2) is 38.9 Å². The molecule has 0 saturated heterocycles. The first-order valence-electron chi connectivity index (χ1n) is 8.80. The van der Waals surface area contributed by atoms with Gasteiger partial charge in [0.1, 0.15) is 0 Å². The maximum atomic E-state index is 12.1. The third-order valence-corrected chi connectivity index (χ3v) is 3.42. The summed E-state index contributed by atoms with van der Waals surface area (Å²) in [5.41, 5.74) is 2.06. The molecule has 1 amide bonds. The van der Waals surface area contributed by atoms with Crippen LogP contribution in [0, 0.1) is 0 Å². The minimum absolute atomic E-state index is 0.137. The van der Waals surface area contributed by atoms with E-state index in [9.17, 15) is 4.79 Å². The summed E-state index contributed by atoms with van der Waals surface area (Å²) in [6.07, 6.45) is 1.00. The number of benzene rings is 2. The van der Waals surface area contributed by atoms with E-state index >= 15 is 0 Å². The number of ether oxygens (including phenoxy) is 2. The number of nitrogens with zero attached hydrogens (tertiary/aromatic N) is 2. The molecule has 0 aliphatic carbocycles. The molecule has 1 N–H and O–H groups in total. The molecule has 0 spiro atoms. The average Bonchev–Trinajstić information content (AvgIpc) is 2.69. The largest absolute Gasteiger partial charge is 0.379 e. The van der Waals surface area contributed by atoms with E-state index < -0.39 is 0 Å². The predicted octanol–water partition coefficient (Wildman–Crippen LogP) is 4.28. The van der Waals surface area contributed by atoms with Gasteiger partial charge in [-0.1, -0.05) is 25.1 Å². The second kappa shape index (κ2) is 11.9. The molecule has 0 bridgehead atoms. The second-order valence-electron chi connectivity index (χ2n) is 5.56. The first-order chi connectivity index (χ1) is 12.8. The fourth-order valence-electron chi connectivity index (χ4n) is 2.09. The van der Waals surface area contributed by atoms with Crippen molar-refractivity contribution >= 4 is 17.3 Å².